The van der Waals surface area contributed by atoms with Gasteiger partial charge in [0.05, 0.1) is 16.9 Å². The van der Waals surface area contributed by atoms with Gasteiger partial charge in [0, 0.05) is 4.90 Å². The highest BCUT2D eigenvalue weighted by Gasteiger charge is 2.00. The normalized spacial score (nSPS) is 10.8. The molecule has 0 saturated heterocycles. The molecule has 0 radical (unpaired) electrons. The van der Waals surface area contributed by atoms with E-state index in [0.29, 0.717) is 5.69 Å². The van der Waals surface area contributed by atoms with E-state index in [0.717, 1.165) is 5.69 Å². The van der Waals surface area contributed by atoms with Crippen molar-refractivity contribution in [3.63, 3.8) is 0 Å². The Hall–Kier alpha value is -2.14. The highest BCUT2D eigenvalue weighted by molar-refractivity contribution is 7.98. The lowest BCUT2D eigenvalue weighted by atomic mass is 10.2. The van der Waals surface area contributed by atoms with E-state index in [-0.39, 0.29) is 5.56 Å². The van der Waals surface area contributed by atoms with E-state index < -0.39 is 5.97 Å². The number of azo groups is 1. The van der Waals surface area contributed by atoms with Gasteiger partial charge in [-0.1, -0.05) is 0 Å². The molecule has 19 heavy (non-hydrogen) atoms. The van der Waals surface area contributed by atoms with E-state index >= 15 is 0 Å². The van der Waals surface area contributed by atoms with Crippen LogP contribution in [0.5, 0.6) is 0 Å². The number of rotatable bonds is 4. The Morgan fingerprint density at radius 1 is 0.947 bits per heavy atom. The highest BCUT2D eigenvalue weighted by Crippen LogP contribution is 2.22. The fourth-order valence-corrected chi connectivity index (χ4v) is 1.84. The van der Waals surface area contributed by atoms with Gasteiger partial charge in [0.25, 0.3) is 0 Å². The van der Waals surface area contributed by atoms with Gasteiger partial charge in [-0.25, -0.2) is 4.79 Å². The van der Waals surface area contributed by atoms with Crippen LogP contribution in [0.1, 0.15) is 10.4 Å². The second kappa shape index (κ2) is 6.15. The number of carbonyl (C=O) groups is 1. The van der Waals surface area contributed by atoms with E-state index in [4.69, 9.17) is 5.11 Å². The number of thioether (sulfide) groups is 1. The molecule has 0 saturated carbocycles. The zero-order valence-electron chi connectivity index (χ0n) is 10.3. The predicted octanol–water partition coefficient (Wildman–Crippen LogP) is 4.52. The van der Waals surface area contributed by atoms with Crippen LogP contribution in [-0.2, 0) is 0 Å². The van der Waals surface area contributed by atoms with Crippen LogP contribution in [0.25, 0.3) is 0 Å². The number of aromatic carboxylic acids is 1. The summed E-state index contributed by atoms with van der Waals surface area (Å²) < 4.78 is 0. The van der Waals surface area contributed by atoms with E-state index in [1.165, 1.54) is 17.0 Å². The van der Waals surface area contributed by atoms with E-state index in [1.54, 1.807) is 23.9 Å². The SMILES string of the molecule is CSc1ccc(N=Nc2ccc(C(=O)O)cc2)cc1. The first-order valence-corrected chi connectivity index (χ1v) is 6.80. The van der Waals surface area contributed by atoms with Crippen LogP contribution in [0.15, 0.2) is 63.7 Å². The van der Waals surface area contributed by atoms with Crippen molar-refractivity contribution in [2.45, 2.75) is 4.90 Å². The monoisotopic (exact) mass is 272 g/mol. The minimum Gasteiger partial charge on any atom is -0.478 e. The van der Waals surface area contributed by atoms with Crippen LogP contribution in [-0.4, -0.2) is 17.3 Å². The molecule has 0 aromatic heterocycles. The van der Waals surface area contributed by atoms with Gasteiger partial charge >= 0.3 is 5.97 Å². The molecule has 0 heterocycles. The summed E-state index contributed by atoms with van der Waals surface area (Å²) in [6.07, 6.45) is 2.01. The van der Waals surface area contributed by atoms with Crippen LogP contribution in [0.3, 0.4) is 0 Å². The molecule has 2 rings (SSSR count). The smallest absolute Gasteiger partial charge is 0.335 e. The van der Waals surface area contributed by atoms with Crippen LogP contribution in [0.2, 0.25) is 0 Å². The fourth-order valence-electron chi connectivity index (χ4n) is 1.44. The van der Waals surface area contributed by atoms with Crippen molar-refractivity contribution in [1.82, 2.24) is 0 Å². The molecule has 0 aliphatic rings. The average Bonchev–Trinajstić information content (AvgIpc) is 2.46. The molecule has 5 heteroatoms. The number of nitrogens with zero attached hydrogens (tertiary/aromatic N) is 2. The second-order valence-corrected chi connectivity index (χ2v) is 4.63. The molecule has 0 fully saturated rings. The number of benzene rings is 2. The fraction of sp³-hybridized carbons (Fsp3) is 0.0714. The largest absolute Gasteiger partial charge is 0.478 e. The summed E-state index contributed by atoms with van der Waals surface area (Å²) in [4.78, 5) is 11.9. The lowest BCUT2D eigenvalue weighted by Gasteiger charge is -1.97. The van der Waals surface area contributed by atoms with E-state index in [1.807, 2.05) is 30.5 Å². The summed E-state index contributed by atoms with van der Waals surface area (Å²) in [7, 11) is 0. The van der Waals surface area contributed by atoms with Gasteiger partial charge in [-0.3, -0.25) is 0 Å². The summed E-state index contributed by atoms with van der Waals surface area (Å²) >= 11 is 1.67. The molecule has 96 valence electrons. The third-order valence-corrected chi connectivity index (χ3v) is 3.21. The third-order valence-electron chi connectivity index (χ3n) is 2.47. The average molecular weight is 272 g/mol. The first-order valence-electron chi connectivity index (χ1n) is 5.58. The Kier molecular flexibility index (Phi) is 4.30. The maximum Gasteiger partial charge on any atom is 0.335 e. The van der Waals surface area contributed by atoms with Crippen LogP contribution in [0.4, 0.5) is 11.4 Å². The van der Waals surface area contributed by atoms with Gasteiger partial charge in [-0.2, -0.15) is 10.2 Å². The zero-order chi connectivity index (χ0) is 13.7. The van der Waals surface area contributed by atoms with Crippen molar-refractivity contribution < 1.29 is 9.90 Å². The standard InChI is InChI=1S/C14H12N2O2S/c1-19-13-8-6-12(7-9-13)16-15-11-4-2-10(3-5-11)14(17)18/h2-9H,1H3,(H,17,18). The van der Waals surface area contributed by atoms with Crippen molar-refractivity contribution in [2.75, 3.05) is 6.26 Å². The van der Waals surface area contributed by atoms with Gasteiger partial charge in [-0.05, 0) is 54.8 Å². The van der Waals surface area contributed by atoms with E-state index in [9.17, 15) is 4.79 Å². The Bertz CT molecular complexity index is 592. The van der Waals surface area contributed by atoms with Gasteiger partial charge in [0.1, 0.15) is 0 Å². The molecule has 2 aromatic rings. The summed E-state index contributed by atoms with van der Waals surface area (Å²) in [6, 6.07) is 14.0. The predicted molar refractivity (Wildman–Crippen MR) is 75.8 cm³/mol. The lowest BCUT2D eigenvalue weighted by molar-refractivity contribution is 0.0697. The molecule has 0 amide bonds. The highest BCUT2D eigenvalue weighted by atomic mass is 32.2. The van der Waals surface area contributed by atoms with Gasteiger partial charge in [-0.15, -0.1) is 11.8 Å². The zero-order valence-corrected chi connectivity index (χ0v) is 11.1. The molecule has 1 N–H and O–H groups in total. The molecular formula is C14H12N2O2S. The molecular weight excluding hydrogens is 260 g/mol. The van der Waals surface area contributed by atoms with Crippen molar-refractivity contribution in [1.29, 1.82) is 0 Å². The second-order valence-electron chi connectivity index (χ2n) is 3.75. The first kappa shape index (κ1) is 13.3. The molecule has 0 aliphatic heterocycles. The van der Waals surface area contributed by atoms with Crippen molar-refractivity contribution in [2.24, 2.45) is 10.2 Å². The molecule has 4 nitrogen and oxygen atoms in total. The number of hydrogen-bond donors (Lipinski definition) is 1. The molecule has 0 spiro atoms. The summed E-state index contributed by atoms with van der Waals surface area (Å²) in [6.45, 7) is 0. The van der Waals surface area contributed by atoms with Crippen molar-refractivity contribution in [3.05, 3.63) is 54.1 Å². The minimum atomic E-state index is -0.948. The lowest BCUT2D eigenvalue weighted by Crippen LogP contribution is -1.93. The molecule has 0 aliphatic carbocycles. The first-order chi connectivity index (χ1) is 9.19. The maximum atomic E-state index is 10.7. The van der Waals surface area contributed by atoms with Gasteiger partial charge in [0.2, 0.25) is 0 Å². The molecule has 2 aromatic carbocycles. The van der Waals surface area contributed by atoms with Crippen LogP contribution < -0.4 is 0 Å². The number of hydrogen-bond acceptors (Lipinski definition) is 4. The maximum absolute atomic E-state index is 10.7. The molecule has 0 bridgehead atoms. The Morgan fingerprint density at radius 3 is 1.84 bits per heavy atom. The van der Waals surface area contributed by atoms with Crippen molar-refractivity contribution in [3.8, 4) is 0 Å². The van der Waals surface area contributed by atoms with Gasteiger partial charge < -0.3 is 5.11 Å². The van der Waals surface area contributed by atoms with Crippen LogP contribution >= 0.6 is 11.8 Å². The Labute approximate surface area is 115 Å². The third kappa shape index (κ3) is 3.66. The summed E-state index contributed by atoms with van der Waals surface area (Å²) in [5.41, 5.74) is 1.63. The summed E-state index contributed by atoms with van der Waals surface area (Å²) in [5, 5.41) is 16.9. The minimum absolute atomic E-state index is 0.239. The quantitative estimate of drug-likeness (QED) is 0.657. The summed E-state index contributed by atoms with van der Waals surface area (Å²) in [5.74, 6) is -0.948. The number of carboxylic acid groups (broad SMARTS) is 1. The van der Waals surface area contributed by atoms with Gasteiger partial charge in [0.15, 0.2) is 0 Å². The van der Waals surface area contributed by atoms with E-state index in [2.05, 4.69) is 10.2 Å². The molecule has 0 atom stereocenters. The Morgan fingerprint density at radius 2 is 1.42 bits per heavy atom. The Balaban J connectivity index is 2.10. The molecule has 0 unspecified atom stereocenters. The van der Waals surface area contributed by atoms with Crippen molar-refractivity contribution >= 4 is 29.1 Å². The van der Waals surface area contributed by atoms with Crippen LogP contribution in [0, 0.1) is 0 Å². The topological polar surface area (TPSA) is 62.0 Å². The number of carboxylic acids is 1.